The van der Waals surface area contributed by atoms with Crippen LogP contribution in [0.3, 0.4) is 0 Å². The number of hydrogen-bond donors (Lipinski definition) is 2. The fourth-order valence-corrected chi connectivity index (χ4v) is 3.05. The zero-order valence-corrected chi connectivity index (χ0v) is 14.7. The number of nitrogens with one attached hydrogen (secondary N) is 2. The van der Waals surface area contributed by atoms with Crippen LogP contribution in [-0.2, 0) is 22.6 Å². The van der Waals surface area contributed by atoms with Gasteiger partial charge in [-0.3, -0.25) is 14.6 Å². The fourth-order valence-electron chi connectivity index (χ4n) is 3.05. The van der Waals surface area contributed by atoms with E-state index in [9.17, 15) is 9.59 Å². The minimum absolute atomic E-state index is 0.0139. The number of carbonyl (C=O) groups excluding carboxylic acids is 2. The number of pyridine rings is 1. The molecule has 1 fully saturated rings. The van der Waals surface area contributed by atoms with Gasteiger partial charge in [0.2, 0.25) is 11.8 Å². The van der Waals surface area contributed by atoms with Crippen molar-refractivity contribution < 1.29 is 9.59 Å². The van der Waals surface area contributed by atoms with Crippen LogP contribution in [-0.4, -0.2) is 47.4 Å². The zero-order valence-electron chi connectivity index (χ0n) is 14.7. The van der Waals surface area contributed by atoms with E-state index in [4.69, 9.17) is 0 Å². The highest BCUT2D eigenvalue weighted by Crippen LogP contribution is 2.10. The highest BCUT2D eigenvalue weighted by molar-refractivity contribution is 5.88. The van der Waals surface area contributed by atoms with Crippen LogP contribution in [0.2, 0.25) is 0 Å². The van der Waals surface area contributed by atoms with Crippen molar-refractivity contribution >= 4 is 11.8 Å². The Hall–Kier alpha value is -2.73. The highest BCUT2D eigenvalue weighted by Gasteiger charge is 2.29. The topological polar surface area (TPSA) is 74.3 Å². The van der Waals surface area contributed by atoms with E-state index in [1.807, 2.05) is 53.4 Å². The molecule has 1 aliphatic heterocycles. The van der Waals surface area contributed by atoms with Gasteiger partial charge < -0.3 is 15.5 Å². The van der Waals surface area contributed by atoms with Crippen molar-refractivity contribution in [3.8, 4) is 0 Å². The maximum Gasteiger partial charge on any atom is 0.240 e. The van der Waals surface area contributed by atoms with Gasteiger partial charge in [0.1, 0.15) is 0 Å². The van der Waals surface area contributed by atoms with Crippen molar-refractivity contribution in [2.24, 2.45) is 0 Å². The van der Waals surface area contributed by atoms with Crippen LogP contribution in [0, 0.1) is 0 Å². The lowest BCUT2D eigenvalue weighted by Gasteiger charge is -2.33. The van der Waals surface area contributed by atoms with E-state index < -0.39 is 6.04 Å². The molecule has 0 spiro atoms. The standard InChI is InChI=1S/C20H24N4O2/c25-19(23-11-9-17-8-4-5-10-21-17)14-18-20(26)24(13-12-22-18)15-16-6-2-1-3-7-16/h1-8,10,18,22H,9,11-15H2,(H,23,25). The Labute approximate surface area is 153 Å². The second-order valence-electron chi connectivity index (χ2n) is 6.38. The van der Waals surface area contributed by atoms with E-state index in [0.717, 1.165) is 11.3 Å². The van der Waals surface area contributed by atoms with Crippen LogP contribution in [0.15, 0.2) is 54.7 Å². The molecular formula is C20H24N4O2. The fraction of sp³-hybridized carbons (Fsp3) is 0.350. The Morgan fingerprint density at radius 1 is 1.19 bits per heavy atom. The maximum atomic E-state index is 12.6. The van der Waals surface area contributed by atoms with E-state index in [-0.39, 0.29) is 18.2 Å². The van der Waals surface area contributed by atoms with Crippen LogP contribution in [0.1, 0.15) is 17.7 Å². The number of rotatable bonds is 7. The zero-order chi connectivity index (χ0) is 18.2. The molecule has 2 amide bonds. The Morgan fingerprint density at radius 3 is 2.77 bits per heavy atom. The molecule has 2 N–H and O–H groups in total. The van der Waals surface area contributed by atoms with Gasteiger partial charge in [-0.15, -0.1) is 0 Å². The molecule has 1 atom stereocenters. The van der Waals surface area contributed by atoms with E-state index >= 15 is 0 Å². The summed E-state index contributed by atoms with van der Waals surface area (Å²) in [7, 11) is 0. The minimum atomic E-state index is -0.456. The number of aromatic nitrogens is 1. The number of benzene rings is 1. The lowest BCUT2D eigenvalue weighted by Crippen LogP contribution is -2.55. The summed E-state index contributed by atoms with van der Waals surface area (Å²) in [5.41, 5.74) is 2.04. The van der Waals surface area contributed by atoms with Gasteiger partial charge >= 0.3 is 0 Å². The summed E-state index contributed by atoms with van der Waals surface area (Å²) in [6.45, 7) is 2.46. The summed E-state index contributed by atoms with van der Waals surface area (Å²) < 4.78 is 0. The molecule has 2 aromatic rings. The quantitative estimate of drug-likeness (QED) is 0.783. The molecule has 1 aromatic carbocycles. The van der Waals surface area contributed by atoms with Gasteiger partial charge in [-0.2, -0.15) is 0 Å². The van der Waals surface area contributed by atoms with E-state index in [1.54, 1.807) is 6.20 Å². The minimum Gasteiger partial charge on any atom is -0.356 e. The van der Waals surface area contributed by atoms with Gasteiger partial charge in [-0.25, -0.2) is 0 Å². The van der Waals surface area contributed by atoms with Gasteiger partial charge in [0, 0.05) is 44.5 Å². The van der Waals surface area contributed by atoms with Crippen molar-refractivity contribution in [2.75, 3.05) is 19.6 Å². The molecule has 0 saturated carbocycles. The van der Waals surface area contributed by atoms with E-state index in [1.165, 1.54) is 0 Å². The van der Waals surface area contributed by atoms with Gasteiger partial charge in [0.15, 0.2) is 0 Å². The second-order valence-corrected chi connectivity index (χ2v) is 6.38. The lowest BCUT2D eigenvalue weighted by molar-refractivity contribution is -0.138. The van der Waals surface area contributed by atoms with Gasteiger partial charge in [-0.05, 0) is 17.7 Å². The van der Waals surface area contributed by atoms with Gasteiger partial charge in [-0.1, -0.05) is 36.4 Å². The first-order chi connectivity index (χ1) is 12.7. The maximum absolute atomic E-state index is 12.6. The molecular weight excluding hydrogens is 328 g/mol. The lowest BCUT2D eigenvalue weighted by atomic mass is 10.1. The predicted octanol–water partition coefficient (Wildman–Crippen LogP) is 1.13. The Bertz CT molecular complexity index is 721. The third-order valence-electron chi connectivity index (χ3n) is 4.42. The van der Waals surface area contributed by atoms with Crippen molar-refractivity contribution in [2.45, 2.75) is 25.4 Å². The number of amides is 2. The van der Waals surface area contributed by atoms with Crippen LogP contribution >= 0.6 is 0 Å². The molecule has 6 heteroatoms. The monoisotopic (exact) mass is 352 g/mol. The molecule has 3 rings (SSSR count). The average molecular weight is 352 g/mol. The molecule has 26 heavy (non-hydrogen) atoms. The first-order valence-electron chi connectivity index (χ1n) is 8.95. The van der Waals surface area contributed by atoms with Crippen LogP contribution in [0.25, 0.3) is 0 Å². The van der Waals surface area contributed by atoms with E-state index in [0.29, 0.717) is 32.6 Å². The summed E-state index contributed by atoms with van der Waals surface area (Å²) in [6, 6.07) is 15.2. The molecule has 0 radical (unpaired) electrons. The van der Waals surface area contributed by atoms with Crippen LogP contribution < -0.4 is 10.6 Å². The molecule has 136 valence electrons. The van der Waals surface area contributed by atoms with Crippen molar-refractivity contribution in [3.63, 3.8) is 0 Å². The third-order valence-corrected chi connectivity index (χ3v) is 4.42. The smallest absolute Gasteiger partial charge is 0.240 e. The molecule has 1 saturated heterocycles. The van der Waals surface area contributed by atoms with Crippen LogP contribution in [0.4, 0.5) is 0 Å². The number of nitrogens with zero attached hydrogens (tertiary/aromatic N) is 2. The normalized spacial score (nSPS) is 17.2. The Balaban J connectivity index is 1.46. The first kappa shape index (κ1) is 18.1. The summed E-state index contributed by atoms with van der Waals surface area (Å²) >= 11 is 0. The molecule has 1 aliphatic rings. The molecule has 2 heterocycles. The van der Waals surface area contributed by atoms with Gasteiger partial charge in [0.25, 0.3) is 0 Å². The molecule has 0 bridgehead atoms. The van der Waals surface area contributed by atoms with E-state index in [2.05, 4.69) is 15.6 Å². The highest BCUT2D eigenvalue weighted by atomic mass is 16.2. The first-order valence-corrected chi connectivity index (χ1v) is 8.95. The number of hydrogen-bond acceptors (Lipinski definition) is 4. The number of carbonyl (C=O) groups is 2. The van der Waals surface area contributed by atoms with Crippen molar-refractivity contribution in [3.05, 3.63) is 66.0 Å². The summed E-state index contributed by atoms with van der Waals surface area (Å²) in [5.74, 6) is -0.131. The van der Waals surface area contributed by atoms with Crippen molar-refractivity contribution in [1.82, 2.24) is 20.5 Å². The Kier molecular flexibility index (Phi) is 6.33. The van der Waals surface area contributed by atoms with Crippen LogP contribution in [0.5, 0.6) is 0 Å². The number of piperazine rings is 1. The van der Waals surface area contributed by atoms with Crippen molar-refractivity contribution in [1.29, 1.82) is 0 Å². The molecule has 0 aliphatic carbocycles. The third kappa shape index (κ3) is 5.13. The Morgan fingerprint density at radius 2 is 2.00 bits per heavy atom. The summed E-state index contributed by atoms with van der Waals surface area (Å²) in [6.07, 6.45) is 2.58. The van der Waals surface area contributed by atoms with Gasteiger partial charge in [0.05, 0.1) is 12.5 Å². The molecule has 1 unspecified atom stereocenters. The SMILES string of the molecule is O=C(CC1NCCN(Cc2ccccc2)C1=O)NCCc1ccccn1. The predicted molar refractivity (Wildman–Crippen MR) is 99.2 cm³/mol. The molecule has 6 nitrogen and oxygen atoms in total. The largest absolute Gasteiger partial charge is 0.356 e. The molecule has 1 aromatic heterocycles. The summed E-state index contributed by atoms with van der Waals surface area (Å²) in [4.78, 5) is 30.8. The summed E-state index contributed by atoms with van der Waals surface area (Å²) in [5, 5.41) is 6.03. The average Bonchev–Trinajstić information content (AvgIpc) is 2.67. The second kappa shape index (κ2) is 9.10.